The van der Waals surface area contributed by atoms with Crippen molar-refractivity contribution in [2.45, 2.75) is 37.0 Å². The molecule has 1 heterocycles. The van der Waals surface area contributed by atoms with Crippen molar-refractivity contribution >= 4 is 10.0 Å². The molecule has 4 nitrogen and oxygen atoms in total. The Balaban J connectivity index is 1.39. The summed E-state index contributed by atoms with van der Waals surface area (Å²) in [5, 5.41) is 0. The van der Waals surface area contributed by atoms with E-state index in [9.17, 15) is 21.6 Å². The SMILES string of the molecule is Cc1ccc(C(F)(F)F)cc1S(=O)(=O)N[C@@H]1CCN(Cc2ccc(-c3ccccc3)cc2)C1. The predicted molar refractivity (Wildman–Crippen MR) is 122 cm³/mol. The van der Waals surface area contributed by atoms with Crippen molar-refractivity contribution in [1.29, 1.82) is 0 Å². The minimum atomic E-state index is -4.60. The monoisotopic (exact) mass is 474 g/mol. The zero-order valence-corrected chi connectivity index (χ0v) is 19.0. The van der Waals surface area contributed by atoms with E-state index in [2.05, 4.69) is 46.0 Å². The number of halogens is 3. The third-order valence-corrected chi connectivity index (χ3v) is 7.53. The largest absolute Gasteiger partial charge is 0.416 e. The molecule has 0 aromatic heterocycles. The van der Waals surface area contributed by atoms with Gasteiger partial charge in [-0.15, -0.1) is 0 Å². The Morgan fingerprint density at radius 3 is 2.30 bits per heavy atom. The number of rotatable bonds is 6. The summed E-state index contributed by atoms with van der Waals surface area (Å²) in [5.74, 6) is 0. The molecule has 0 saturated carbocycles. The molecule has 1 aliphatic heterocycles. The Morgan fingerprint density at radius 1 is 0.970 bits per heavy atom. The maximum absolute atomic E-state index is 13.1. The van der Waals surface area contributed by atoms with E-state index < -0.39 is 21.8 Å². The van der Waals surface area contributed by atoms with Gasteiger partial charge in [0.05, 0.1) is 10.5 Å². The van der Waals surface area contributed by atoms with Crippen LogP contribution in [-0.2, 0) is 22.7 Å². The van der Waals surface area contributed by atoms with Crippen LogP contribution in [-0.4, -0.2) is 32.4 Å². The standard InChI is InChI=1S/C25H25F3N2O2S/c1-18-7-12-22(25(26,27)28)15-24(18)33(31,32)29-23-13-14-30(17-23)16-19-8-10-21(11-9-19)20-5-3-2-4-6-20/h2-12,15,23,29H,13-14,16-17H2,1H3/t23-/m1/s1. The molecule has 0 spiro atoms. The average molecular weight is 475 g/mol. The van der Waals surface area contributed by atoms with Gasteiger partial charge in [0.2, 0.25) is 10.0 Å². The van der Waals surface area contributed by atoms with Crippen molar-refractivity contribution in [3.63, 3.8) is 0 Å². The fourth-order valence-electron chi connectivity index (χ4n) is 4.11. The van der Waals surface area contributed by atoms with Gasteiger partial charge in [-0.25, -0.2) is 13.1 Å². The van der Waals surface area contributed by atoms with Crippen molar-refractivity contribution in [3.05, 3.63) is 89.5 Å². The molecule has 0 aliphatic carbocycles. The van der Waals surface area contributed by atoms with E-state index >= 15 is 0 Å². The van der Waals surface area contributed by atoms with Crippen LogP contribution in [0.15, 0.2) is 77.7 Å². The average Bonchev–Trinajstić information content (AvgIpc) is 3.20. The fraction of sp³-hybridized carbons (Fsp3) is 0.280. The third kappa shape index (κ3) is 5.63. The van der Waals surface area contributed by atoms with Gasteiger partial charge in [-0.3, -0.25) is 4.90 Å². The number of likely N-dealkylation sites (tertiary alicyclic amines) is 1. The Kier molecular flexibility index (Phi) is 6.61. The zero-order chi connectivity index (χ0) is 23.6. The second-order valence-electron chi connectivity index (χ2n) is 8.38. The molecular formula is C25H25F3N2O2S. The lowest BCUT2D eigenvalue weighted by Crippen LogP contribution is -2.37. The fourth-order valence-corrected chi connectivity index (χ4v) is 5.64. The number of nitrogens with zero attached hydrogens (tertiary/aromatic N) is 1. The van der Waals surface area contributed by atoms with Crippen molar-refractivity contribution in [3.8, 4) is 11.1 Å². The van der Waals surface area contributed by atoms with E-state index in [1.807, 2.05) is 18.2 Å². The van der Waals surface area contributed by atoms with Crippen LogP contribution >= 0.6 is 0 Å². The Hall–Kier alpha value is -2.68. The smallest absolute Gasteiger partial charge is 0.297 e. The highest BCUT2D eigenvalue weighted by Gasteiger charge is 2.33. The number of hydrogen-bond donors (Lipinski definition) is 1. The predicted octanol–water partition coefficient (Wildman–Crippen LogP) is 5.23. The van der Waals surface area contributed by atoms with Crippen LogP contribution in [0.1, 0.15) is 23.1 Å². The van der Waals surface area contributed by atoms with Gasteiger partial charge in [-0.1, -0.05) is 60.7 Å². The lowest BCUT2D eigenvalue weighted by atomic mass is 10.0. The van der Waals surface area contributed by atoms with Crippen LogP contribution in [0.5, 0.6) is 0 Å². The highest BCUT2D eigenvalue weighted by Crippen LogP contribution is 2.32. The summed E-state index contributed by atoms with van der Waals surface area (Å²) in [6.45, 7) is 3.37. The number of benzene rings is 3. The van der Waals surface area contributed by atoms with E-state index in [4.69, 9.17) is 0 Å². The molecule has 0 unspecified atom stereocenters. The second kappa shape index (κ2) is 9.29. The molecule has 0 radical (unpaired) electrons. The lowest BCUT2D eigenvalue weighted by Gasteiger charge is -2.18. The molecule has 1 atom stereocenters. The zero-order valence-electron chi connectivity index (χ0n) is 18.1. The van der Waals surface area contributed by atoms with Crippen molar-refractivity contribution < 1.29 is 21.6 Å². The molecule has 0 amide bonds. The highest BCUT2D eigenvalue weighted by molar-refractivity contribution is 7.89. The quantitative estimate of drug-likeness (QED) is 0.532. The van der Waals surface area contributed by atoms with E-state index in [1.165, 1.54) is 13.0 Å². The maximum Gasteiger partial charge on any atom is 0.416 e. The molecule has 33 heavy (non-hydrogen) atoms. The lowest BCUT2D eigenvalue weighted by molar-refractivity contribution is -0.137. The van der Waals surface area contributed by atoms with Crippen LogP contribution in [0.2, 0.25) is 0 Å². The minimum absolute atomic E-state index is 0.281. The number of alkyl halides is 3. The van der Waals surface area contributed by atoms with Crippen molar-refractivity contribution in [1.82, 2.24) is 9.62 Å². The van der Waals surface area contributed by atoms with Gasteiger partial charge in [0, 0.05) is 25.7 Å². The summed E-state index contributed by atoms with van der Waals surface area (Å²) in [6.07, 6.45) is -4.00. The van der Waals surface area contributed by atoms with Crippen LogP contribution in [0.25, 0.3) is 11.1 Å². The molecule has 1 saturated heterocycles. The first-order chi connectivity index (χ1) is 15.6. The molecule has 3 aromatic carbocycles. The molecule has 0 bridgehead atoms. The summed E-state index contributed by atoms with van der Waals surface area (Å²) in [4.78, 5) is 1.82. The number of sulfonamides is 1. The second-order valence-corrected chi connectivity index (χ2v) is 10.1. The normalized spacial score (nSPS) is 17.4. The number of nitrogens with one attached hydrogen (secondary N) is 1. The van der Waals surface area contributed by atoms with Crippen molar-refractivity contribution in [2.24, 2.45) is 0 Å². The molecule has 174 valence electrons. The van der Waals surface area contributed by atoms with E-state index in [0.717, 1.165) is 22.8 Å². The first-order valence-electron chi connectivity index (χ1n) is 10.7. The minimum Gasteiger partial charge on any atom is -0.297 e. The Bertz CT molecular complexity index is 1210. The summed E-state index contributed by atoms with van der Waals surface area (Å²) in [7, 11) is -4.07. The molecule has 1 N–H and O–H groups in total. The van der Waals surface area contributed by atoms with Crippen LogP contribution in [0, 0.1) is 6.92 Å². The molecule has 1 aliphatic rings. The molecule has 4 rings (SSSR count). The number of hydrogen-bond acceptors (Lipinski definition) is 3. The molecular weight excluding hydrogens is 449 g/mol. The van der Waals surface area contributed by atoms with Gasteiger partial charge in [-0.05, 0) is 47.7 Å². The first kappa shape index (κ1) is 23.5. The molecule has 3 aromatic rings. The van der Waals surface area contributed by atoms with Crippen LogP contribution < -0.4 is 4.72 Å². The van der Waals surface area contributed by atoms with Gasteiger partial charge in [0.25, 0.3) is 0 Å². The Labute approximate surface area is 192 Å². The maximum atomic E-state index is 13.1. The summed E-state index contributed by atoms with van der Waals surface area (Å²) >= 11 is 0. The van der Waals surface area contributed by atoms with Gasteiger partial charge < -0.3 is 0 Å². The van der Waals surface area contributed by atoms with Crippen molar-refractivity contribution in [2.75, 3.05) is 13.1 Å². The summed E-state index contributed by atoms with van der Waals surface area (Å²) in [6, 6.07) is 20.8. The highest BCUT2D eigenvalue weighted by atomic mass is 32.2. The Morgan fingerprint density at radius 2 is 1.64 bits per heavy atom. The van der Waals surface area contributed by atoms with Gasteiger partial charge >= 0.3 is 6.18 Å². The van der Waals surface area contributed by atoms with E-state index in [-0.39, 0.29) is 16.5 Å². The molecule has 1 fully saturated rings. The van der Waals surface area contributed by atoms with E-state index in [0.29, 0.717) is 32.1 Å². The van der Waals surface area contributed by atoms with Gasteiger partial charge in [-0.2, -0.15) is 13.2 Å². The summed E-state index contributed by atoms with van der Waals surface area (Å²) < 4.78 is 67.4. The van der Waals surface area contributed by atoms with Crippen LogP contribution in [0.4, 0.5) is 13.2 Å². The third-order valence-electron chi connectivity index (χ3n) is 5.87. The topological polar surface area (TPSA) is 49.4 Å². The molecule has 8 heteroatoms. The first-order valence-corrected chi connectivity index (χ1v) is 12.2. The van der Waals surface area contributed by atoms with Gasteiger partial charge in [0.1, 0.15) is 0 Å². The van der Waals surface area contributed by atoms with Crippen LogP contribution in [0.3, 0.4) is 0 Å². The van der Waals surface area contributed by atoms with Gasteiger partial charge in [0.15, 0.2) is 0 Å². The van der Waals surface area contributed by atoms with E-state index in [1.54, 1.807) is 0 Å². The number of aryl methyl sites for hydroxylation is 1. The summed E-state index contributed by atoms with van der Waals surface area (Å²) in [5.41, 5.74) is 2.70.